The van der Waals surface area contributed by atoms with E-state index < -0.39 is 0 Å². The summed E-state index contributed by atoms with van der Waals surface area (Å²) in [7, 11) is 0. The zero-order valence-corrected chi connectivity index (χ0v) is 5.24. The van der Waals surface area contributed by atoms with Crippen molar-refractivity contribution in [1.29, 1.82) is 0 Å². The Labute approximate surface area is 53.6 Å². The van der Waals surface area contributed by atoms with E-state index in [1.54, 1.807) is 0 Å². The molecule has 0 spiro atoms. The first-order valence-electron chi connectivity index (χ1n) is 2.87. The second-order valence-electron chi connectivity index (χ2n) is 1.88. The van der Waals surface area contributed by atoms with Crippen molar-refractivity contribution < 1.29 is 9.94 Å². The van der Waals surface area contributed by atoms with E-state index in [2.05, 4.69) is 5.16 Å². The highest BCUT2D eigenvalue weighted by Gasteiger charge is 2.15. The van der Waals surface area contributed by atoms with Gasteiger partial charge in [0.2, 0.25) is 5.90 Å². The predicted molar refractivity (Wildman–Crippen MR) is 34.4 cm³/mol. The van der Waals surface area contributed by atoms with Gasteiger partial charge in [-0.1, -0.05) is 11.2 Å². The van der Waals surface area contributed by atoms with E-state index >= 15 is 0 Å². The van der Waals surface area contributed by atoms with Gasteiger partial charge < -0.3 is 9.94 Å². The summed E-state index contributed by atoms with van der Waals surface area (Å²) in [6.07, 6.45) is 4.19. The molecule has 0 aliphatic carbocycles. The van der Waals surface area contributed by atoms with Crippen molar-refractivity contribution in [2.75, 3.05) is 0 Å². The highest BCUT2D eigenvalue weighted by atomic mass is 16.7. The van der Waals surface area contributed by atoms with Crippen LogP contribution in [0.15, 0.2) is 17.3 Å². The Morgan fingerprint density at radius 2 is 2.67 bits per heavy atom. The van der Waals surface area contributed by atoms with Crippen molar-refractivity contribution in [3.05, 3.63) is 12.2 Å². The summed E-state index contributed by atoms with van der Waals surface area (Å²) < 4.78 is 0. The third kappa shape index (κ3) is 1.45. The lowest BCUT2D eigenvalue weighted by atomic mass is 10.2. The van der Waals surface area contributed by atoms with E-state index in [4.69, 9.17) is 9.94 Å². The summed E-state index contributed by atoms with van der Waals surface area (Å²) >= 11 is 0. The number of allylic oxidation sites excluding steroid dienone is 1. The molecule has 0 aromatic rings. The molecule has 0 bridgehead atoms. The molecular weight excluding hydrogens is 118 g/mol. The summed E-state index contributed by atoms with van der Waals surface area (Å²) in [6, 6.07) is 0. The number of hydrogen-bond acceptors (Lipinski definition) is 2. The summed E-state index contributed by atoms with van der Waals surface area (Å²) in [4.78, 5) is 4.76. The average Bonchev–Trinajstić information content (AvgIpc) is 2.17. The van der Waals surface area contributed by atoms with Gasteiger partial charge in [0.1, 0.15) is 0 Å². The van der Waals surface area contributed by atoms with Crippen molar-refractivity contribution >= 4 is 5.90 Å². The molecule has 0 aromatic heterocycles. The second-order valence-corrected chi connectivity index (χ2v) is 1.88. The fourth-order valence-electron chi connectivity index (χ4n) is 0.701. The molecule has 1 aliphatic rings. The van der Waals surface area contributed by atoms with Crippen LogP contribution in [-0.2, 0) is 4.84 Å². The number of hydrogen-bond donors (Lipinski definition) is 1. The lowest BCUT2D eigenvalue weighted by Gasteiger charge is -1.96. The third-order valence-corrected chi connectivity index (χ3v) is 1.08. The molecule has 1 heterocycles. The van der Waals surface area contributed by atoms with Gasteiger partial charge in [0.25, 0.3) is 0 Å². The van der Waals surface area contributed by atoms with E-state index in [9.17, 15) is 0 Å². The average molecular weight is 127 g/mol. The summed E-state index contributed by atoms with van der Waals surface area (Å²) in [5.41, 5.74) is 0. The fourth-order valence-corrected chi connectivity index (χ4v) is 0.701. The van der Waals surface area contributed by atoms with Crippen LogP contribution in [0.1, 0.15) is 13.3 Å². The Hall–Kier alpha value is -0.990. The SMILES string of the molecule is C/C=C/C1CC(O)=NO1. The lowest BCUT2D eigenvalue weighted by Crippen LogP contribution is -2.02. The van der Waals surface area contributed by atoms with Crippen LogP contribution >= 0.6 is 0 Å². The van der Waals surface area contributed by atoms with Gasteiger partial charge in [0.15, 0.2) is 6.10 Å². The molecule has 0 aromatic carbocycles. The molecule has 3 heteroatoms. The largest absolute Gasteiger partial charge is 0.494 e. The van der Waals surface area contributed by atoms with Gasteiger partial charge in [0, 0.05) is 0 Å². The van der Waals surface area contributed by atoms with E-state index in [-0.39, 0.29) is 12.0 Å². The van der Waals surface area contributed by atoms with Crippen LogP contribution in [0.4, 0.5) is 0 Å². The van der Waals surface area contributed by atoms with Crippen LogP contribution in [0.25, 0.3) is 0 Å². The predicted octanol–water partition coefficient (Wildman–Crippen LogP) is 1.22. The molecule has 0 saturated heterocycles. The molecule has 1 atom stereocenters. The topological polar surface area (TPSA) is 41.8 Å². The van der Waals surface area contributed by atoms with Crippen LogP contribution in [0.5, 0.6) is 0 Å². The van der Waals surface area contributed by atoms with Crippen molar-refractivity contribution in [2.45, 2.75) is 19.4 Å². The van der Waals surface area contributed by atoms with Gasteiger partial charge in [-0.25, -0.2) is 0 Å². The van der Waals surface area contributed by atoms with Gasteiger partial charge in [-0.2, -0.15) is 0 Å². The quantitative estimate of drug-likeness (QED) is 0.538. The van der Waals surface area contributed by atoms with Crippen LogP contribution in [-0.4, -0.2) is 17.1 Å². The van der Waals surface area contributed by atoms with Gasteiger partial charge in [-0.3, -0.25) is 0 Å². The molecule has 1 aliphatic heterocycles. The summed E-state index contributed by atoms with van der Waals surface area (Å²) in [5.74, 6) is 0.0816. The number of oxime groups is 1. The molecule has 0 fully saturated rings. The van der Waals surface area contributed by atoms with Gasteiger partial charge in [-0.15, -0.1) is 0 Å². The van der Waals surface area contributed by atoms with Crippen LogP contribution in [0.3, 0.4) is 0 Å². The van der Waals surface area contributed by atoms with Gasteiger partial charge in [-0.05, 0) is 13.0 Å². The number of aliphatic hydroxyl groups is 1. The maximum absolute atomic E-state index is 8.72. The molecule has 0 saturated carbocycles. The number of rotatable bonds is 1. The van der Waals surface area contributed by atoms with E-state index in [0.717, 1.165) is 0 Å². The molecule has 1 N–H and O–H groups in total. The molecule has 0 radical (unpaired) electrons. The van der Waals surface area contributed by atoms with E-state index in [0.29, 0.717) is 6.42 Å². The maximum atomic E-state index is 8.72. The Morgan fingerprint density at radius 3 is 3.11 bits per heavy atom. The Bertz CT molecular complexity index is 151. The van der Waals surface area contributed by atoms with Crippen molar-refractivity contribution in [3.8, 4) is 0 Å². The van der Waals surface area contributed by atoms with E-state index in [1.165, 1.54) is 0 Å². The minimum Gasteiger partial charge on any atom is -0.494 e. The Morgan fingerprint density at radius 1 is 1.89 bits per heavy atom. The normalized spacial score (nSPS) is 26.3. The minimum absolute atomic E-state index is 0.0463. The first-order valence-corrected chi connectivity index (χ1v) is 2.87. The van der Waals surface area contributed by atoms with Gasteiger partial charge >= 0.3 is 0 Å². The smallest absolute Gasteiger partial charge is 0.227 e. The maximum Gasteiger partial charge on any atom is 0.227 e. The van der Waals surface area contributed by atoms with E-state index in [1.807, 2.05) is 19.1 Å². The second kappa shape index (κ2) is 2.53. The zero-order chi connectivity index (χ0) is 6.69. The Kier molecular flexibility index (Phi) is 1.72. The minimum atomic E-state index is -0.0463. The fraction of sp³-hybridized carbons (Fsp3) is 0.500. The van der Waals surface area contributed by atoms with Crippen LogP contribution in [0.2, 0.25) is 0 Å². The van der Waals surface area contributed by atoms with Crippen molar-refractivity contribution in [1.82, 2.24) is 0 Å². The van der Waals surface area contributed by atoms with Crippen molar-refractivity contribution in [3.63, 3.8) is 0 Å². The highest BCUT2D eigenvalue weighted by Crippen LogP contribution is 2.09. The Balaban J connectivity index is 2.37. The molecular formula is C6H9NO2. The standard InChI is InChI=1S/C6H9NO2/c1-2-3-5-4-6(8)7-9-5/h2-3,5H,4H2,1H3,(H,7,8)/b3-2+. The van der Waals surface area contributed by atoms with Crippen LogP contribution < -0.4 is 0 Å². The molecule has 9 heavy (non-hydrogen) atoms. The first kappa shape index (κ1) is 6.13. The lowest BCUT2D eigenvalue weighted by molar-refractivity contribution is 0.119. The van der Waals surface area contributed by atoms with Crippen molar-refractivity contribution in [2.24, 2.45) is 5.16 Å². The summed E-state index contributed by atoms with van der Waals surface area (Å²) in [6.45, 7) is 1.90. The zero-order valence-electron chi connectivity index (χ0n) is 5.24. The summed E-state index contributed by atoms with van der Waals surface area (Å²) in [5, 5.41) is 12.1. The van der Waals surface area contributed by atoms with Gasteiger partial charge in [0.05, 0.1) is 6.42 Å². The number of nitrogens with zero attached hydrogens (tertiary/aromatic N) is 1. The molecule has 1 rings (SSSR count). The first-order chi connectivity index (χ1) is 4.33. The molecule has 3 nitrogen and oxygen atoms in total. The highest BCUT2D eigenvalue weighted by molar-refractivity contribution is 5.75. The molecule has 0 amide bonds. The third-order valence-electron chi connectivity index (χ3n) is 1.08. The number of aliphatic hydroxyl groups excluding tert-OH is 1. The molecule has 1 unspecified atom stereocenters. The molecule has 50 valence electrons. The van der Waals surface area contributed by atoms with Crippen LogP contribution in [0, 0.1) is 0 Å². The monoisotopic (exact) mass is 127 g/mol.